The van der Waals surface area contributed by atoms with E-state index in [1.54, 1.807) is 0 Å². The van der Waals surface area contributed by atoms with E-state index in [0.29, 0.717) is 11.3 Å². The van der Waals surface area contributed by atoms with Crippen LogP contribution >= 0.6 is 0 Å². The Bertz CT molecular complexity index is 217. The molecule has 1 N–H and O–H groups in total. The summed E-state index contributed by atoms with van der Waals surface area (Å²) in [4.78, 5) is 0. The average molecular weight is 210 g/mol. The van der Waals surface area contributed by atoms with E-state index in [1.165, 1.54) is 18.4 Å². The molecule has 0 amide bonds. The molecule has 2 atom stereocenters. The molecule has 15 heavy (non-hydrogen) atoms. The minimum Gasteiger partial charge on any atom is -0.393 e. The molecule has 88 valence electrons. The van der Waals surface area contributed by atoms with Crippen LogP contribution in [0.5, 0.6) is 0 Å². The van der Waals surface area contributed by atoms with Gasteiger partial charge in [0.2, 0.25) is 0 Å². The van der Waals surface area contributed by atoms with Crippen molar-refractivity contribution in [3.63, 3.8) is 0 Å². The van der Waals surface area contributed by atoms with Gasteiger partial charge in [0.25, 0.3) is 0 Å². The number of aliphatic hydroxyl groups is 1. The molecule has 1 heteroatoms. The van der Waals surface area contributed by atoms with Gasteiger partial charge in [-0.15, -0.1) is 0 Å². The fourth-order valence-electron chi connectivity index (χ4n) is 2.77. The van der Waals surface area contributed by atoms with E-state index in [-0.39, 0.29) is 6.10 Å². The topological polar surface area (TPSA) is 20.2 Å². The van der Waals surface area contributed by atoms with Crippen molar-refractivity contribution in [3.8, 4) is 0 Å². The SMILES string of the molecule is C=C1CC(C)(C)CC1C(O)CCCCC. The lowest BCUT2D eigenvalue weighted by atomic mass is 9.88. The summed E-state index contributed by atoms with van der Waals surface area (Å²) in [6.07, 6.45) is 6.62. The molecule has 0 spiro atoms. The van der Waals surface area contributed by atoms with Crippen molar-refractivity contribution in [1.82, 2.24) is 0 Å². The summed E-state index contributed by atoms with van der Waals surface area (Å²) in [6, 6.07) is 0. The third-order valence-corrected chi connectivity index (χ3v) is 3.57. The van der Waals surface area contributed by atoms with Gasteiger partial charge in [-0.25, -0.2) is 0 Å². The molecule has 1 nitrogen and oxygen atoms in total. The van der Waals surface area contributed by atoms with Crippen molar-refractivity contribution in [2.24, 2.45) is 11.3 Å². The zero-order chi connectivity index (χ0) is 11.5. The third kappa shape index (κ3) is 3.64. The quantitative estimate of drug-likeness (QED) is 0.538. The van der Waals surface area contributed by atoms with Crippen molar-refractivity contribution >= 4 is 0 Å². The number of unbranched alkanes of at least 4 members (excludes halogenated alkanes) is 2. The maximum absolute atomic E-state index is 10.1. The largest absolute Gasteiger partial charge is 0.393 e. The fourth-order valence-corrected chi connectivity index (χ4v) is 2.77. The number of hydrogen-bond donors (Lipinski definition) is 1. The Morgan fingerprint density at radius 2 is 2.13 bits per heavy atom. The van der Waals surface area contributed by atoms with E-state index in [9.17, 15) is 5.11 Å². The van der Waals surface area contributed by atoms with E-state index in [2.05, 4.69) is 27.4 Å². The maximum atomic E-state index is 10.1. The number of rotatable bonds is 5. The molecule has 0 saturated heterocycles. The van der Waals surface area contributed by atoms with Gasteiger partial charge >= 0.3 is 0 Å². The summed E-state index contributed by atoms with van der Waals surface area (Å²) < 4.78 is 0. The van der Waals surface area contributed by atoms with Crippen molar-refractivity contribution in [3.05, 3.63) is 12.2 Å². The van der Waals surface area contributed by atoms with E-state index in [4.69, 9.17) is 0 Å². The second-order valence-electron chi connectivity index (χ2n) is 5.87. The first-order chi connectivity index (χ1) is 6.96. The molecule has 0 bridgehead atoms. The van der Waals surface area contributed by atoms with Crippen molar-refractivity contribution in [2.45, 2.75) is 65.4 Å². The van der Waals surface area contributed by atoms with Gasteiger partial charge in [0.05, 0.1) is 6.10 Å². The summed E-state index contributed by atoms with van der Waals surface area (Å²) in [6.45, 7) is 10.9. The van der Waals surface area contributed by atoms with Crippen LogP contribution in [-0.4, -0.2) is 11.2 Å². The van der Waals surface area contributed by atoms with Crippen LogP contribution in [0.15, 0.2) is 12.2 Å². The highest BCUT2D eigenvalue weighted by molar-refractivity contribution is 5.13. The Morgan fingerprint density at radius 1 is 1.47 bits per heavy atom. The standard InChI is InChI=1S/C14H26O/c1-5-6-7-8-13(15)12-10-14(3,4)9-11(12)2/h12-13,15H,2,5-10H2,1,3-4H3. The van der Waals surface area contributed by atoms with Crippen molar-refractivity contribution in [1.29, 1.82) is 0 Å². The Balaban J connectivity index is 2.40. The molecule has 1 aliphatic rings. The Labute approximate surface area is 94.6 Å². The zero-order valence-corrected chi connectivity index (χ0v) is 10.6. The van der Waals surface area contributed by atoms with Crippen LogP contribution in [0.2, 0.25) is 0 Å². The van der Waals surface area contributed by atoms with Crippen molar-refractivity contribution < 1.29 is 5.11 Å². The predicted molar refractivity (Wildman–Crippen MR) is 65.8 cm³/mol. The molecular formula is C14H26O. The number of aliphatic hydroxyl groups excluding tert-OH is 1. The third-order valence-electron chi connectivity index (χ3n) is 3.57. The van der Waals surface area contributed by atoms with Gasteiger partial charge in [-0.3, -0.25) is 0 Å². The number of hydrogen-bond acceptors (Lipinski definition) is 1. The smallest absolute Gasteiger partial charge is 0.0605 e. The van der Waals surface area contributed by atoms with Crippen LogP contribution in [-0.2, 0) is 0 Å². The average Bonchev–Trinajstić information content (AvgIpc) is 2.40. The van der Waals surface area contributed by atoms with Crippen LogP contribution < -0.4 is 0 Å². The van der Waals surface area contributed by atoms with Gasteiger partial charge in [0, 0.05) is 5.92 Å². The molecule has 0 aromatic rings. The lowest BCUT2D eigenvalue weighted by molar-refractivity contribution is 0.106. The molecular weight excluding hydrogens is 184 g/mol. The molecule has 0 aliphatic heterocycles. The van der Waals surface area contributed by atoms with Gasteiger partial charge in [0.1, 0.15) is 0 Å². The van der Waals surface area contributed by atoms with Crippen LogP contribution in [0.4, 0.5) is 0 Å². The Hall–Kier alpha value is -0.300. The highest BCUT2D eigenvalue weighted by Gasteiger charge is 2.37. The summed E-state index contributed by atoms with van der Waals surface area (Å²) in [7, 11) is 0. The first-order valence-corrected chi connectivity index (χ1v) is 6.32. The summed E-state index contributed by atoms with van der Waals surface area (Å²) in [5, 5.41) is 10.1. The summed E-state index contributed by atoms with van der Waals surface area (Å²) >= 11 is 0. The first kappa shape index (κ1) is 12.8. The van der Waals surface area contributed by atoms with Crippen LogP contribution in [0, 0.1) is 11.3 Å². The second kappa shape index (κ2) is 5.16. The molecule has 0 heterocycles. The summed E-state index contributed by atoms with van der Waals surface area (Å²) in [5.74, 6) is 0.358. The zero-order valence-electron chi connectivity index (χ0n) is 10.6. The van der Waals surface area contributed by atoms with Gasteiger partial charge in [0.15, 0.2) is 0 Å². The van der Waals surface area contributed by atoms with E-state index < -0.39 is 0 Å². The second-order valence-corrected chi connectivity index (χ2v) is 5.87. The molecule has 0 aromatic heterocycles. The molecule has 1 rings (SSSR count). The lowest BCUT2D eigenvalue weighted by Gasteiger charge is -2.21. The van der Waals surface area contributed by atoms with Crippen molar-refractivity contribution in [2.75, 3.05) is 0 Å². The monoisotopic (exact) mass is 210 g/mol. The van der Waals surface area contributed by atoms with E-state index in [1.807, 2.05) is 0 Å². The van der Waals surface area contributed by atoms with Gasteiger partial charge < -0.3 is 5.11 Å². The molecule has 0 aromatic carbocycles. The molecule has 1 saturated carbocycles. The minimum atomic E-state index is -0.147. The first-order valence-electron chi connectivity index (χ1n) is 6.32. The highest BCUT2D eigenvalue weighted by Crippen LogP contribution is 2.45. The highest BCUT2D eigenvalue weighted by atomic mass is 16.3. The Morgan fingerprint density at radius 3 is 2.60 bits per heavy atom. The molecule has 2 unspecified atom stereocenters. The normalized spacial score (nSPS) is 26.9. The lowest BCUT2D eigenvalue weighted by Crippen LogP contribution is -2.20. The van der Waals surface area contributed by atoms with Crippen LogP contribution in [0.1, 0.15) is 59.3 Å². The molecule has 1 aliphatic carbocycles. The van der Waals surface area contributed by atoms with Crippen LogP contribution in [0.3, 0.4) is 0 Å². The molecule has 1 fully saturated rings. The fraction of sp³-hybridized carbons (Fsp3) is 0.857. The molecule has 0 radical (unpaired) electrons. The predicted octanol–water partition coefficient (Wildman–Crippen LogP) is 3.92. The Kier molecular flexibility index (Phi) is 4.39. The minimum absolute atomic E-state index is 0.147. The van der Waals surface area contributed by atoms with Gasteiger partial charge in [-0.2, -0.15) is 0 Å². The van der Waals surface area contributed by atoms with Gasteiger partial charge in [-0.05, 0) is 24.7 Å². The van der Waals surface area contributed by atoms with E-state index >= 15 is 0 Å². The van der Waals surface area contributed by atoms with Gasteiger partial charge in [-0.1, -0.05) is 52.2 Å². The maximum Gasteiger partial charge on any atom is 0.0605 e. The summed E-state index contributed by atoms with van der Waals surface area (Å²) in [5.41, 5.74) is 1.62. The van der Waals surface area contributed by atoms with E-state index in [0.717, 1.165) is 25.7 Å². The van der Waals surface area contributed by atoms with Crippen LogP contribution in [0.25, 0.3) is 0 Å².